The Balaban J connectivity index is 1.92. The van der Waals surface area contributed by atoms with Gasteiger partial charge in [-0.15, -0.1) is 0 Å². The highest BCUT2D eigenvalue weighted by atomic mass is 15.4. The molecule has 2 heteroatoms. The fraction of sp³-hybridized carbons (Fsp3) is 0.118. The number of anilines is 4. The van der Waals surface area contributed by atoms with Gasteiger partial charge in [0.15, 0.2) is 0 Å². The van der Waals surface area contributed by atoms with Crippen molar-refractivity contribution in [3.8, 4) is 0 Å². The van der Waals surface area contributed by atoms with E-state index in [0.29, 0.717) is 0 Å². The first kappa shape index (κ1) is 23.4. The van der Waals surface area contributed by atoms with Crippen molar-refractivity contribution in [2.24, 2.45) is 0 Å². The van der Waals surface area contributed by atoms with E-state index in [2.05, 4.69) is 117 Å². The number of rotatable bonds is 4. The third-order valence-corrected chi connectivity index (χ3v) is 7.24. The van der Waals surface area contributed by atoms with Crippen LogP contribution in [0.4, 0.5) is 22.7 Å². The Morgan fingerprint density at radius 3 is 2.14 bits per heavy atom. The van der Waals surface area contributed by atoms with Crippen LogP contribution in [-0.4, -0.2) is 6.17 Å². The summed E-state index contributed by atoms with van der Waals surface area (Å²) in [6, 6.07) is 23.8. The summed E-state index contributed by atoms with van der Waals surface area (Å²) in [5.41, 5.74) is 12.5. The molecule has 0 saturated carbocycles. The Labute approximate surface area is 215 Å². The summed E-state index contributed by atoms with van der Waals surface area (Å²) in [6.07, 6.45) is 8.53. The molecule has 0 aliphatic carbocycles. The van der Waals surface area contributed by atoms with Crippen molar-refractivity contribution in [2.75, 3.05) is 9.80 Å². The minimum absolute atomic E-state index is 0.0672. The van der Waals surface area contributed by atoms with Crippen molar-refractivity contribution in [1.82, 2.24) is 0 Å². The van der Waals surface area contributed by atoms with Crippen LogP contribution in [0.2, 0.25) is 0 Å². The van der Waals surface area contributed by atoms with Gasteiger partial charge in [0.05, 0.1) is 11.4 Å². The van der Waals surface area contributed by atoms with E-state index in [4.69, 9.17) is 0 Å². The van der Waals surface area contributed by atoms with E-state index >= 15 is 0 Å². The van der Waals surface area contributed by atoms with E-state index in [-0.39, 0.29) is 6.17 Å². The molecule has 0 aromatic heterocycles. The van der Waals surface area contributed by atoms with Crippen molar-refractivity contribution in [1.29, 1.82) is 0 Å². The Kier molecular flexibility index (Phi) is 6.12. The average Bonchev–Trinajstić information content (AvgIpc) is 3.18. The van der Waals surface area contributed by atoms with Crippen molar-refractivity contribution in [3.05, 3.63) is 151 Å². The maximum absolute atomic E-state index is 4.51. The third kappa shape index (κ3) is 3.58. The molecule has 2 nitrogen and oxygen atoms in total. The number of fused-ring (bicyclic) bond motifs is 2. The fourth-order valence-corrected chi connectivity index (χ4v) is 5.65. The molecule has 178 valence electrons. The molecule has 0 radical (unpaired) electrons. The van der Waals surface area contributed by atoms with Crippen LogP contribution in [-0.2, 0) is 6.42 Å². The number of allylic oxidation sites excluding steroid dienone is 8. The van der Waals surface area contributed by atoms with E-state index in [1.54, 1.807) is 0 Å². The predicted molar refractivity (Wildman–Crippen MR) is 156 cm³/mol. The van der Waals surface area contributed by atoms with Crippen LogP contribution >= 0.6 is 0 Å². The zero-order valence-corrected chi connectivity index (χ0v) is 21.2. The van der Waals surface area contributed by atoms with Gasteiger partial charge in [-0.3, -0.25) is 0 Å². The molecule has 1 atom stereocenters. The smallest absolute Gasteiger partial charge is 0.108 e. The van der Waals surface area contributed by atoms with E-state index in [1.165, 1.54) is 33.9 Å². The molecule has 0 unspecified atom stereocenters. The summed E-state index contributed by atoms with van der Waals surface area (Å²) >= 11 is 0. The van der Waals surface area contributed by atoms with Gasteiger partial charge in [0.25, 0.3) is 0 Å². The molecule has 5 rings (SSSR count). The Bertz CT molecular complexity index is 1470. The van der Waals surface area contributed by atoms with Crippen LogP contribution in [0.3, 0.4) is 0 Å². The molecular formula is C34H32N2. The van der Waals surface area contributed by atoms with Gasteiger partial charge in [0.1, 0.15) is 6.17 Å². The van der Waals surface area contributed by atoms with Crippen LogP contribution in [0.25, 0.3) is 5.57 Å². The zero-order chi connectivity index (χ0) is 25.4. The Morgan fingerprint density at radius 1 is 0.778 bits per heavy atom. The van der Waals surface area contributed by atoms with Gasteiger partial charge in [0, 0.05) is 16.9 Å². The topological polar surface area (TPSA) is 6.48 Å². The second kappa shape index (κ2) is 9.39. The molecule has 0 bridgehead atoms. The van der Waals surface area contributed by atoms with Crippen molar-refractivity contribution >= 4 is 28.3 Å². The SMILES string of the molecule is C=CC=C1C(=C)Cc2ccccc2N2c3c(cccc3N(c3ccccc3C)[C@H]2C)C(C=C)=C1C=C. The highest BCUT2D eigenvalue weighted by Gasteiger charge is 2.39. The maximum Gasteiger partial charge on any atom is 0.108 e. The molecule has 0 fully saturated rings. The standard InChI is InChI=1S/C34H32N2/c1-7-15-29-24(5)22-26-17-11-13-20-32(26)36-25(6)35(31-19-12-10-16-23(31)4)33-21-14-18-30(34(33)36)28(9-3)27(29)8-2/h7-21,25H,1-3,5,22H2,4,6H3/t25-/m1/s1. The Hall–Kier alpha value is -4.30. The van der Waals surface area contributed by atoms with Gasteiger partial charge in [-0.1, -0.05) is 99.2 Å². The van der Waals surface area contributed by atoms with Gasteiger partial charge in [-0.25, -0.2) is 0 Å². The molecule has 2 heterocycles. The number of hydrogen-bond donors (Lipinski definition) is 0. The molecule has 36 heavy (non-hydrogen) atoms. The fourth-order valence-electron chi connectivity index (χ4n) is 5.65. The second-order valence-electron chi connectivity index (χ2n) is 9.29. The van der Waals surface area contributed by atoms with Crippen molar-refractivity contribution in [2.45, 2.75) is 26.4 Å². The third-order valence-electron chi connectivity index (χ3n) is 7.24. The van der Waals surface area contributed by atoms with Gasteiger partial charge in [-0.05, 0) is 71.9 Å². The first-order valence-electron chi connectivity index (χ1n) is 12.4. The lowest BCUT2D eigenvalue weighted by Gasteiger charge is -2.33. The van der Waals surface area contributed by atoms with Gasteiger partial charge in [-0.2, -0.15) is 0 Å². The molecule has 2 aliphatic heterocycles. The highest BCUT2D eigenvalue weighted by molar-refractivity contribution is 6.00. The maximum atomic E-state index is 4.51. The summed E-state index contributed by atoms with van der Waals surface area (Å²) in [7, 11) is 0. The summed E-state index contributed by atoms with van der Waals surface area (Å²) in [6.45, 7) is 21.4. The number of nitrogens with zero attached hydrogens (tertiary/aromatic N) is 2. The van der Waals surface area contributed by atoms with Gasteiger partial charge in [0.2, 0.25) is 0 Å². The normalized spacial score (nSPS) is 18.1. The zero-order valence-electron chi connectivity index (χ0n) is 21.2. The van der Waals surface area contributed by atoms with Gasteiger partial charge >= 0.3 is 0 Å². The number of benzene rings is 3. The number of aryl methyl sites for hydroxylation is 1. The quantitative estimate of drug-likeness (QED) is 0.377. The van der Waals surface area contributed by atoms with Crippen molar-refractivity contribution in [3.63, 3.8) is 0 Å². The second-order valence-corrected chi connectivity index (χ2v) is 9.29. The molecule has 0 spiro atoms. The van der Waals surface area contributed by atoms with Gasteiger partial charge < -0.3 is 9.80 Å². The molecule has 0 N–H and O–H groups in total. The summed E-state index contributed by atoms with van der Waals surface area (Å²) < 4.78 is 0. The lowest BCUT2D eigenvalue weighted by molar-refractivity contribution is 0.756. The van der Waals surface area contributed by atoms with Crippen LogP contribution in [0.1, 0.15) is 23.6 Å². The summed E-state index contributed by atoms with van der Waals surface area (Å²) in [4.78, 5) is 4.93. The Morgan fingerprint density at radius 2 is 1.44 bits per heavy atom. The molecule has 3 aromatic rings. The summed E-state index contributed by atoms with van der Waals surface area (Å²) in [5.74, 6) is 0. The molecule has 0 amide bonds. The van der Waals surface area contributed by atoms with Crippen LogP contribution < -0.4 is 9.80 Å². The summed E-state index contributed by atoms with van der Waals surface area (Å²) in [5, 5.41) is 0. The molecule has 0 saturated heterocycles. The van der Waals surface area contributed by atoms with E-state index < -0.39 is 0 Å². The lowest BCUT2D eigenvalue weighted by atomic mass is 9.86. The van der Waals surface area contributed by atoms with Crippen LogP contribution in [0.5, 0.6) is 0 Å². The van der Waals surface area contributed by atoms with Crippen LogP contribution in [0, 0.1) is 6.92 Å². The van der Waals surface area contributed by atoms with Crippen LogP contribution in [0.15, 0.2) is 134 Å². The molecule has 3 aromatic carbocycles. The highest BCUT2D eigenvalue weighted by Crippen LogP contribution is 2.53. The van der Waals surface area contributed by atoms with Crippen molar-refractivity contribution < 1.29 is 0 Å². The average molecular weight is 469 g/mol. The molecule has 2 aliphatic rings. The monoisotopic (exact) mass is 468 g/mol. The van der Waals surface area contributed by atoms with E-state index in [0.717, 1.165) is 34.3 Å². The molecular weight excluding hydrogens is 436 g/mol. The number of hydrogen-bond acceptors (Lipinski definition) is 2. The first-order valence-corrected chi connectivity index (χ1v) is 12.4. The lowest BCUT2D eigenvalue weighted by Crippen LogP contribution is -2.36. The number of para-hydroxylation sites is 3. The predicted octanol–water partition coefficient (Wildman–Crippen LogP) is 8.98. The largest absolute Gasteiger partial charge is 0.318 e. The minimum atomic E-state index is 0.0672. The van der Waals surface area contributed by atoms with E-state index in [9.17, 15) is 0 Å². The van der Waals surface area contributed by atoms with E-state index in [1.807, 2.05) is 24.3 Å². The first-order chi connectivity index (χ1) is 17.5. The minimum Gasteiger partial charge on any atom is -0.318 e.